The zero-order valence-corrected chi connectivity index (χ0v) is 22.7. The van der Waals surface area contributed by atoms with E-state index in [4.69, 9.17) is 20.4 Å². The lowest BCUT2D eigenvalue weighted by atomic mass is 10.1. The molecule has 14 nitrogen and oxygen atoms in total. The van der Waals surface area contributed by atoms with Gasteiger partial charge in [0.25, 0.3) is 18.3 Å². The third-order valence-corrected chi connectivity index (χ3v) is 5.88. The van der Waals surface area contributed by atoms with Crippen molar-refractivity contribution >= 4 is 36.0 Å². The van der Waals surface area contributed by atoms with Gasteiger partial charge >= 0.3 is 0 Å². The van der Waals surface area contributed by atoms with Gasteiger partial charge in [-0.15, -0.1) is 0 Å². The van der Waals surface area contributed by atoms with Crippen LogP contribution in [0.4, 0.5) is 4.39 Å². The van der Waals surface area contributed by atoms with E-state index in [1.54, 1.807) is 12.1 Å². The summed E-state index contributed by atoms with van der Waals surface area (Å²) in [5.74, 6) is -3.29. The normalized spacial score (nSPS) is 16.8. The van der Waals surface area contributed by atoms with Crippen LogP contribution < -0.4 is 26.4 Å². The smallest absolute Gasteiger partial charge is 0.290 e. The number of carboxylic acid groups (broad SMARTS) is 1. The van der Waals surface area contributed by atoms with Crippen LogP contribution in [0.3, 0.4) is 0 Å². The molecule has 0 saturated carbocycles. The fourth-order valence-electron chi connectivity index (χ4n) is 3.89. The number of fused-ring (bicyclic) bond motifs is 1. The third-order valence-electron chi connectivity index (χ3n) is 5.88. The molecule has 1 atom stereocenters. The molecule has 42 heavy (non-hydrogen) atoms. The number of primary amides is 1. The molecule has 1 aromatic carbocycles. The van der Waals surface area contributed by atoms with Crippen molar-refractivity contribution in [3.63, 3.8) is 0 Å². The second kappa shape index (κ2) is 17.6. The number of pyridine rings is 1. The minimum absolute atomic E-state index is 0.00510. The van der Waals surface area contributed by atoms with Crippen LogP contribution in [0.2, 0.25) is 0 Å². The highest BCUT2D eigenvalue weighted by Gasteiger charge is 2.25. The van der Waals surface area contributed by atoms with E-state index in [-0.39, 0.29) is 81.6 Å². The number of nitrogens with one attached hydrogen (secondary N) is 3. The molecule has 5 amide bonds. The summed E-state index contributed by atoms with van der Waals surface area (Å²) < 4.78 is 19.6. The Balaban J connectivity index is 0.00000197. The molecule has 6 N–H and O–H groups in total. The van der Waals surface area contributed by atoms with Gasteiger partial charge in [-0.3, -0.25) is 33.8 Å². The lowest BCUT2D eigenvalue weighted by molar-refractivity contribution is -0.124. The van der Waals surface area contributed by atoms with Crippen molar-refractivity contribution in [1.29, 1.82) is 0 Å². The molecule has 0 aliphatic carbocycles. The molecule has 1 aliphatic rings. The van der Waals surface area contributed by atoms with Crippen LogP contribution in [0.25, 0.3) is 0 Å². The van der Waals surface area contributed by atoms with Crippen molar-refractivity contribution < 1.29 is 43.0 Å². The second-order valence-corrected chi connectivity index (χ2v) is 8.90. The SMILES string of the molecule is NC(=O)CC[C@@H]1NC(=O)c2cc(F)ccc2OCCNC(=O)CCCN(C(=O)c2cccnc2)CCNC1=O.O=CO. The molecule has 0 saturated heterocycles. The van der Waals surface area contributed by atoms with Gasteiger partial charge in [0, 0.05) is 44.9 Å². The molecule has 1 aliphatic heterocycles. The van der Waals surface area contributed by atoms with E-state index in [2.05, 4.69) is 20.9 Å². The molecular formula is C27H33FN6O8. The van der Waals surface area contributed by atoms with E-state index in [0.717, 1.165) is 12.1 Å². The topological polar surface area (TPSA) is 210 Å². The number of hydrogen-bond acceptors (Lipinski definition) is 8. The molecule has 0 fully saturated rings. The molecule has 2 aromatic rings. The first-order chi connectivity index (χ1) is 20.2. The molecule has 226 valence electrons. The number of aromatic nitrogens is 1. The largest absolute Gasteiger partial charge is 0.491 e. The first-order valence-corrected chi connectivity index (χ1v) is 13.0. The first-order valence-electron chi connectivity index (χ1n) is 13.0. The van der Waals surface area contributed by atoms with E-state index in [0.29, 0.717) is 12.0 Å². The Hall–Kier alpha value is -5.08. The minimum Gasteiger partial charge on any atom is -0.491 e. The Bertz CT molecular complexity index is 1250. The summed E-state index contributed by atoms with van der Waals surface area (Å²) in [4.78, 5) is 76.5. The van der Waals surface area contributed by atoms with Crippen LogP contribution in [0.5, 0.6) is 5.75 Å². The number of rotatable bonds is 4. The van der Waals surface area contributed by atoms with Gasteiger partial charge in [-0.2, -0.15) is 0 Å². The van der Waals surface area contributed by atoms with Gasteiger partial charge in [0.1, 0.15) is 24.2 Å². The number of nitrogens with zero attached hydrogens (tertiary/aromatic N) is 2. The molecular weight excluding hydrogens is 555 g/mol. The monoisotopic (exact) mass is 588 g/mol. The number of halogens is 1. The third kappa shape index (κ3) is 11.2. The fraction of sp³-hybridized carbons (Fsp3) is 0.370. The van der Waals surface area contributed by atoms with Crippen LogP contribution in [0.1, 0.15) is 46.4 Å². The van der Waals surface area contributed by atoms with Gasteiger partial charge in [-0.25, -0.2) is 4.39 Å². The van der Waals surface area contributed by atoms with E-state index in [9.17, 15) is 28.4 Å². The summed E-state index contributed by atoms with van der Waals surface area (Å²) >= 11 is 0. The summed E-state index contributed by atoms with van der Waals surface area (Å²) in [5, 5.41) is 14.8. The Labute approximate surface area is 240 Å². The molecule has 2 heterocycles. The van der Waals surface area contributed by atoms with Gasteiger partial charge in [-0.1, -0.05) is 0 Å². The molecule has 0 unspecified atom stereocenters. The number of carbonyl (C=O) groups is 6. The van der Waals surface area contributed by atoms with Crippen molar-refractivity contribution in [3.8, 4) is 5.75 Å². The zero-order valence-electron chi connectivity index (χ0n) is 22.7. The van der Waals surface area contributed by atoms with Gasteiger partial charge in [-0.05, 0) is 43.2 Å². The Morgan fingerprint density at radius 3 is 2.62 bits per heavy atom. The summed E-state index contributed by atoms with van der Waals surface area (Å²) in [6.45, 7) is 0.246. The van der Waals surface area contributed by atoms with E-state index < -0.39 is 29.6 Å². The molecule has 1 aromatic heterocycles. The van der Waals surface area contributed by atoms with Crippen LogP contribution in [0, 0.1) is 5.82 Å². The molecule has 15 heteroatoms. The second-order valence-electron chi connectivity index (χ2n) is 8.90. The van der Waals surface area contributed by atoms with Crippen molar-refractivity contribution in [3.05, 3.63) is 59.7 Å². The lowest BCUT2D eigenvalue weighted by Gasteiger charge is -2.24. The molecule has 3 rings (SSSR count). The van der Waals surface area contributed by atoms with Gasteiger partial charge < -0.3 is 36.4 Å². The van der Waals surface area contributed by atoms with E-state index in [1.807, 2.05) is 0 Å². The van der Waals surface area contributed by atoms with E-state index in [1.165, 1.54) is 23.4 Å². The number of ether oxygens (including phenoxy) is 1. The van der Waals surface area contributed by atoms with Crippen LogP contribution in [0.15, 0.2) is 42.7 Å². The molecule has 0 radical (unpaired) electrons. The standard InChI is InChI=1S/C26H31FN6O6.CH2O2/c27-18-5-7-21-19(15-18)24(36)32-20(6-8-22(28)34)25(37)31-10-13-33(26(38)17-3-1-9-29-16-17)12-2-4-23(35)30-11-14-39-21;2-1-3/h1,3,5,7,9,15-16,20H,2,4,6,8,10-14H2,(H2,28,34)(H,30,35)(H,31,37)(H,32,36);1H,(H,2,3)/t20-;/m0./s1. The van der Waals surface area contributed by atoms with E-state index >= 15 is 0 Å². The minimum atomic E-state index is -1.17. The van der Waals surface area contributed by atoms with Crippen LogP contribution in [-0.2, 0) is 19.2 Å². The number of hydrogen-bond donors (Lipinski definition) is 5. The maximum atomic E-state index is 14.0. The predicted octanol–water partition coefficient (Wildman–Crippen LogP) is -0.167. The van der Waals surface area contributed by atoms with Crippen LogP contribution in [-0.4, -0.2) is 89.8 Å². The molecule has 0 bridgehead atoms. The fourth-order valence-corrected chi connectivity index (χ4v) is 3.89. The van der Waals surface area contributed by atoms with Crippen molar-refractivity contribution in [2.75, 3.05) is 32.8 Å². The van der Waals surface area contributed by atoms with Crippen molar-refractivity contribution in [2.24, 2.45) is 5.73 Å². The highest BCUT2D eigenvalue weighted by Crippen LogP contribution is 2.20. The highest BCUT2D eigenvalue weighted by atomic mass is 19.1. The Kier molecular flexibility index (Phi) is 13.9. The highest BCUT2D eigenvalue weighted by molar-refractivity contribution is 6.00. The summed E-state index contributed by atoms with van der Waals surface area (Å²) in [7, 11) is 0. The number of carbonyl (C=O) groups excluding carboxylic acids is 5. The summed E-state index contributed by atoms with van der Waals surface area (Å²) in [5.41, 5.74) is 5.43. The zero-order chi connectivity index (χ0) is 30.9. The van der Waals surface area contributed by atoms with Crippen molar-refractivity contribution in [2.45, 2.75) is 31.7 Å². The Morgan fingerprint density at radius 2 is 1.93 bits per heavy atom. The summed E-state index contributed by atoms with van der Waals surface area (Å²) in [6.07, 6.45) is 3.19. The molecule has 0 spiro atoms. The van der Waals surface area contributed by atoms with Crippen LogP contribution >= 0.6 is 0 Å². The van der Waals surface area contributed by atoms with Crippen molar-refractivity contribution in [1.82, 2.24) is 25.8 Å². The number of nitrogens with two attached hydrogens (primary N) is 1. The number of benzene rings is 1. The average Bonchev–Trinajstić information content (AvgIpc) is 2.97. The van der Waals surface area contributed by atoms with Gasteiger partial charge in [0.05, 0.1) is 17.7 Å². The van der Waals surface area contributed by atoms with Gasteiger partial charge in [0.2, 0.25) is 17.7 Å². The summed E-state index contributed by atoms with van der Waals surface area (Å²) in [6, 6.07) is 5.43. The lowest BCUT2D eigenvalue weighted by Crippen LogP contribution is -2.49. The Morgan fingerprint density at radius 1 is 1.17 bits per heavy atom. The predicted molar refractivity (Wildman–Crippen MR) is 146 cm³/mol. The maximum Gasteiger partial charge on any atom is 0.290 e. The maximum absolute atomic E-state index is 14.0. The first kappa shape index (κ1) is 33.1. The average molecular weight is 589 g/mol. The quantitative estimate of drug-likeness (QED) is 0.300. The number of amides is 5. The van der Waals surface area contributed by atoms with Gasteiger partial charge in [0.15, 0.2) is 0 Å².